The van der Waals surface area contributed by atoms with E-state index in [0.29, 0.717) is 12.4 Å². The molecule has 0 spiro atoms. The molecule has 0 saturated heterocycles. The standard InChI is InChI=1S/C24H22O6S/c1-15-5-3-4-6-19(15)16(2)30-23-11-18(29-13-17-9-10-31-14-17)7-8-20(23)21(25)12-22(26)24(27)28/h3-11,14,16H,12-13H2,1-2H3,(H,27,28). The number of aliphatic carboxylic acids is 1. The fraction of sp³-hybridized carbons (Fsp3) is 0.208. The number of hydrogen-bond donors (Lipinski definition) is 1. The number of carbonyl (C=O) groups is 3. The maximum absolute atomic E-state index is 12.6. The molecule has 0 aliphatic rings. The molecule has 0 aliphatic heterocycles. The summed E-state index contributed by atoms with van der Waals surface area (Å²) >= 11 is 1.57. The predicted molar refractivity (Wildman–Crippen MR) is 117 cm³/mol. The summed E-state index contributed by atoms with van der Waals surface area (Å²) in [5, 5.41) is 12.8. The molecule has 7 heteroatoms. The summed E-state index contributed by atoms with van der Waals surface area (Å²) in [7, 11) is 0. The van der Waals surface area contributed by atoms with Crippen LogP contribution in [0.25, 0.3) is 0 Å². The summed E-state index contributed by atoms with van der Waals surface area (Å²) in [6.45, 7) is 4.19. The van der Waals surface area contributed by atoms with E-state index in [0.717, 1.165) is 16.7 Å². The van der Waals surface area contributed by atoms with Crippen molar-refractivity contribution < 1.29 is 29.0 Å². The van der Waals surface area contributed by atoms with Gasteiger partial charge >= 0.3 is 5.97 Å². The van der Waals surface area contributed by atoms with Crippen LogP contribution in [0.3, 0.4) is 0 Å². The van der Waals surface area contributed by atoms with E-state index >= 15 is 0 Å². The van der Waals surface area contributed by atoms with Gasteiger partial charge < -0.3 is 14.6 Å². The van der Waals surface area contributed by atoms with Crippen molar-refractivity contribution in [2.24, 2.45) is 0 Å². The Kier molecular flexibility index (Phi) is 7.20. The van der Waals surface area contributed by atoms with E-state index < -0.39 is 24.0 Å². The summed E-state index contributed by atoms with van der Waals surface area (Å²) in [6.07, 6.45) is -1.12. The third-order valence-electron chi connectivity index (χ3n) is 4.73. The largest absolute Gasteiger partial charge is 0.489 e. The number of ether oxygens (including phenoxy) is 2. The highest BCUT2D eigenvalue weighted by Gasteiger charge is 2.22. The number of Topliss-reactive ketones (excluding diaryl/α,β-unsaturated/α-hetero) is 2. The fourth-order valence-electron chi connectivity index (χ4n) is 3.08. The molecule has 160 valence electrons. The van der Waals surface area contributed by atoms with E-state index in [1.165, 1.54) is 6.07 Å². The lowest BCUT2D eigenvalue weighted by atomic mass is 10.0. The molecule has 1 aromatic heterocycles. The Morgan fingerprint density at radius 2 is 1.87 bits per heavy atom. The molecule has 1 unspecified atom stereocenters. The second kappa shape index (κ2) is 10.0. The lowest BCUT2D eigenvalue weighted by Crippen LogP contribution is -2.18. The normalized spacial score (nSPS) is 11.5. The van der Waals surface area contributed by atoms with Crippen LogP contribution in [-0.4, -0.2) is 22.6 Å². The summed E-state index contributed by atoms with van der Waals surface area (Å²) in [5.41, 5.74) is 3.15. The summed E-state index contributed by atoms with van der Waals surface area (Å²) < 4.78 is 11.9. The molecule has 0 aliphatic carbocycles. The van der Waals surface area contributed by atoms with E-state index in [2.05, 4.69) is 0 Å². The quantitative estimate of drug-likeness (QED) is 0.272. The molecule has 1 atom stereocenters. The second-order valence-corrected chi connectivity index (χ2v) is 7.80. The highest BCUT2D eigenvalue weighted by Crippen LogP contribution is 2.31. The van der Waals surface area contributed by atoms with Gasteiger partial charge in [-0.05, 0) is 59.5 Å². The van der Waals surface area contributed by atoms with Crippen LogP contribution >= 0.6 is 11.3 Å². The van der Waals surface area contributed by atoms with Gasteiger partial charge in [0.2, 0.25) is 5.78 Å². The molecular weight excluding hydrogens is 416 g/mol. The lowest BCUT2D eigenvalue weighted by Gasteiger charge is -2.20. The topological polar surface area (TPSA) is 89.9 Å². The molecule has 0 radical (unpaired) electrons. The first-order chi connectivity index (χ1) is 14.8. The number of carbonyl (C=O) groups excluding carboxylic acids is 2. The average molecular weight is 439 g/mol. The van der Waals surface area contributed by atoms with Gasteiger partial charge in [-0.1, -0.05) is 24.3 Å². The van der Waals surface area contributed by atoms with Gasteiger partial charge in [-0.25, -0.2) is 4.79 Å². The smallest absolute Gasteiger partial charge is 0.372 e. The van der Waals surface area contributed by atoms with Crippen LogP contribution < -0.4 is 9.47 Å². The minimum absolute atomic E-state index is 0.137. The molecule has 31 heavy (non-hydrogen) atoms. The highest BCUT2D eigenvalue weighted by atomic mass is 32.1. The van der Waals surface area contributed by atoms with Gasteiger partial charge in [-0.15, -0.1) is 0 Å². The molecule has 6 nitrogen and oxygen atoms in total. The predicted octanol–water partition coefficient (Wildman–Crippen LogP) is 5.00. The Bertz CT molecular complexity index is 1090. The van der Waals surface area contributed by atoms with Crippen molar-refractivity contribution in [2.75, 3.05) is 0 Å². The van der Waals surface area contributed by atoms with Crippen LogP contribution in [0.4, 0.5) is 0 Å². The van der Waals surface area contributed by atoms with Crippen LogP contribution in [0.2, 0.25) is 0 Å². The molecule has 3 aromatic rings. The minimum atomic E-state index is -1.64. The minimum Gasteiger partial charge on any atom is -0.489 e. The summed E-state index contributed by atoms with van der Waals surface area (Å²) in [4.78, 5) is 35.0. The number of hydrogen-bond acceptors (Lipinski definition) is 6. The van der Waals surface area contributed by atoms with Gasteiger partial charge in [0.05, 0.1) is 12.0 Å². The van der Waals surface area contributed by atoms with Crippen LogP contribution in [0.1, 0.15) is 46.5 Å². The van der Waals surface area contributed by atoms with E-state index in [1.54, 1.807) is 23.5 Å². The molecular formula is C24H22O6S. The number of aryl methyl sites for hydroxylation is 1. The van der Waals surface area contributed by atoms with Gasteiger partial charge in [0.25, 0.3) is 0 Å². The molecule has 3 rings (SSSR count). The average Bonchev–Trinajstić information content (AvgIpc) is 3.26. The zero-order chi connectivity index (χ0) is 22.4. The maximum atomic E-state index is 12.6. The monoisotopic (exact) mass is 438 g/mol. The lowest BCUT2D eigenvalue weighted by molar-refractivity contribution is -0.148. The van der Waals surface area contributed by atoms with Crippen molar-refractivity contribution in [1.82, 2.24) is 0 Å². The molecule has 0 bridgehead atoms. The van der Waals surface area contributed by atoms with E-state index in [1.807, 2.05) is 54.9 Å². The third-order valence-corrected chi connectivity index (χ3v) is 5.46. The first kappa shape index (κ1) is 22.2. The van der Waals surface area contributed by atoms with Crippen LogP contribution in [0.15, 0.2) is 59.3 Å². The third kappa shape index (κ3) is 5.79. The van der Waals surface area contributed by atoms with Crippen molar-refractivity contribution in [3.63, 3.8) is 0 Å². The fourth-order valence-corrected chi connectivity index (χ4v) is 3.73. The maximum Gasteiger partial charge on any atom is 0.372 e. The first-order valence-electron chi connectivity index (χ1n) is 9.64. The Labute approximate surface area is 184 Å². The highest BCUT2D eigenvalue weighted by molar-refractivity contribution is 7.07. The van der Waals surface area contributed by atoms with Gasteiger partial charge in [0.1, 0.15) is 24.2 Å². The van der Waals surface area contributed by atoms with Crippen LogP contribution in [-0.2, 0) is 16.2 Å². The first-order valence-corrected chi connectivity index (χ1v) is 10.6. The summed E-state index contributed by atoms with van der Waals surface area (Å²) in [6, 6.07) is 14.4. The zero-order valence-electron chi connectivity index (χ0n) is 17.2. The Balaban J connectivity index is 1.87. The molecule has 0 saturated carbocycles. The molecule has 1 N–H and O–H groups in total. The van der Waals surface area contributed by atoms with Crippen molar-refractivity contribution in [1.29, 1.82) is 0 Å². The SMILES string of the molecule is Cc1ccccc1C(C)Oc1cc(OCc2ccsc2)ccc1C(=O)CC(=O)C(=O)O. The van der Waals surface area contributed by atoms with E-state index in [9.17, 15) is 14.4 Å². The molecule has 1 heterocycles. The zero-order valence-corrected chi connectivity index (χ0v) is 18.0. The van der Waals surface area contributed by atoms with Crippen LogP contribution in [0.5, 0.6) is 11.5 Å². The van der Waals surface area contributed by atoms with Crippen molar-refractivity contribution >= 4 is 28.9 Å². The number of carboxylic acids is 1. The number of thiophene rings is 1. The number of carboxylic acid groups (broad SMARTS) is 1. The summed E-state index contributed by atoms with van der Waals surface area (Å²) in [5.74, 6) is -2.69. The Hall–Kier alpha value is -3.45. The van der Waals surface area contributed by atoms with Gasteiger partial charge in [-0.2, -0.15) is 11.3 Å². The molecule has 0 amide bonds. The van der Waals surface area contributed by atoms with E-state index in [4.69, 9.17) is 14.6 Å². The van der Waals surface area contributed by atoms with E-state index in [-0.39, 0.29) is 17.4 Å². The number of ketones is 2. The molecule has 0 fully saturated rings. The van der Waals surface area contributed by atoms with Gasteiger partial charge in [0.15, 0.2) is 5.78 Å². The van der Waals surface area contributed by atoms with Crippen molar-refractivity contribution in [3.05, 3.63) is 81.5 Å². The number of benzene rings is 2. The molecule has 2 aromatic carbocycles. The Morgan fingerprint density at radius 3 is 2.55 bits per heavy atom. The van der Waals surface area contributed by atoms with Crippen LogP contribution in [0, 0.1) is 6.92 Å². The van der Waals surface area contributed by atoms with Crippen molar-refractivity contribution in [2.45, 2.75) is 33.0 Å². The Morgan fingerprint density at radius 1 is 1.10 bits per heavy atom. The number of rotatable bonds is 10. The second-order valence-electron chi connectivity index (χ2n) is 7.02. The van der Waals surface area contributed by atoms with Crippen molar-refractivity contribution in [3.8, 4) is 11.5 Å². The van der Waals surface area contributed by atoms with Gasteiger partial charge in [-0.3, -0.25) is 9.59 Å². The van der Waals surface area contributed by atoms with Gasteiger partial charge in [0, 0.05) is 6.07 Å².